The number of carboxylic acids is 1. The third kappa shape index (κ3) is 8.94. The lowest BCUT2D eigenvalue weighted by atomic mass is 9.94. The van der Waals surface area contributed by atoms with Crippen molar-refractivity contribution in [2.24, 2.45) is 11.7 Å². The van der Waals surface area contributed by atoms with Gasteiger partial charge in [-0.15, -0.1) is 11.8 Å². The summed E-state index contributed by atoms with van der Waals surface area (Å²) in [5.41, 5.74) is 5.38. The van der Waals surface area contributed by atoms with E-state index in [9.17, 15) is 36.2 Å². The van der Waals surface area contributed by atoms with Crippen molar-refractivity contribution in [2.45, 2.75) is 38.7 Å². The van der Waals surface area contributed by atoms with Crippen LogP contribution in [-0.2, 0) is 11.0 Å². The smallest absolute Gasteiger partial charge is 0.416 e. The van der Waals surface area contributed by atoms with Gasteiger partial charge in [0.25, 0.3) is 0 Å². The number of allylic oxidation sites excluding steroid dienone is 5. The van der Waals surface area contributed by atoms with Crippen molar-refractivity contribution in [1.29, 1.82) is 0 Å². The van der Waals surface area contributed by atoms with Gasteiger partial charge in [-0.2, -0.15) is 26.3 Å². The van der Waals surface area contributed by atoms with Gasteiger partial charge in [0.1, 0.15) is 5.76 Å². The summed E-state index contributed by atoms with van der Waals surface area (Å²) in [6.07, 6.45) is -6.91. The molecule has 0 aliphatic rings. The number of thioether (sulfide) groups is 1. The van der Waals surface area contributed by atoms with Gasteiger partial charge >= 0.3 is 18.3 Å². The summed E-state index contributed by atoms with van der Waals surface area (Å²) in [6, 6.07) is 3.24. The van der Waals surface area contributed by atoms with Gasteiger partial charge in [-0.3, -0.25) is 4.79 Å². The van der Waals surface area contributed by atoms with Gasteiger partial charge in [0, 0.05) is 17.4 Å². The van der Waals surface area contributed by atoms with Crippen LogP contribution in [0.5, 0.6) is 0 Å². The van der Waals surface area contributed by atoms with Crippen LogP contribution in [0.1, 0.15) is 31.4 Å². The standard InChI is InChI=1S/C23H25F6NO3S/c1-4-15(18(11-20(31)32)23(27,28)29)6-5-13(2)34-12-19(30)14(3)21(33)16-7-9-17(10-8-16)22(24,25)26/h4-10,18-19,33H,1,11-12,30H2,2-3H3,(H,31,32)/b13-5+,15-6+,21-14-/t18-,19?/m0/s1. The Balaban J connectivity index is 2.93. The number of carboxylic acid groups (broad SMARTS) is 1. The van der Waals surface area contributed by atoms with E-state index < -0.39 is 42.3 Å². The van der Waals surface area contributed by atoms with Crippen LogP contribution < -0.4 is 5.73 Å². The zero-order valence-electron chi connectivity index (χ0n) is 18.4. The number of hydrogen-bond acceptors (Lipinski definition) is 4. The molecule has 0 spiro atoms. The topological polar surface area (TPSA) is 83.5 Å². The summed E-state index contributed by atoms with van der Waals surface area (Å²) < 4.78 is 77.7. The number of aliphatic hydroxyl groups excluding tert-OH is 1. The maximum absolute atomic E-state index is 13.2. The number of hydrogen-bond donors (Lipinski definition) is 3. The van der Waals surface area contributed by atoms with Crippen LogP contribution in [0, 0.1) is 5.92 Å². The quantitative estimate of drug-likeness (QED) is 0.185. The molecule has 0 bridgehead atoms. The predicted octanol–water partition coefficient (Wildman–Crippen LogP) is 6.72. The predicted molar refractivity (Wildman–Crippen MR) is 121 cm³/mol. The average molecular weight is 510 g/mol. The number of aliphatic hydroxyl groups is 1. The fourth-order valence-corrected chi connectivity index (χ4v) is 3.61. The molecule has 0 fully saturated rings. The maximum Gasteiger partial charge on any atom is 0.416 e. The Morgan fingerprint density at radius 3 is 2.09 bits per heavy atom. The van der Waals surface area contributed by atoms with Gasteiger partial charge in [0.2, 0.25) is 0 Å². The molecule has 1 aromatic rings. The van der Waals surface area contributed by atoms with Gasteiger partial charge in [-0.1, -0.05) is 36.9 Å². The highest BCUT2D eigenvalue weighted by atomic mass is 32.2. The summed E-state index contributed by atoms with van der Waals surface area (Å²) >= 11 is 1.18. The first-order valence-corrected chi connectivity index (χ1v) is 10.8. The fraction of sp³-hybridized carbons (Fsp3) is 0.348. The minimum Gasteiger partial charge on any atom is -0.507 e. The fourth-order valence-electron chi connectivity index (χ4n) is 2.75. The lowest BCUT2D eigenvalue weighted by Gasteiger charge is -2.19. The Morgan fingerprint density at radius 2 is 1.65 bits per heavy atom. The monoisotopic (exact) mass is 509 g/mol. The Bertz CT molecular complexity index is 962. The van der Waals surface area contributed by atoms with E-state index in [0.29, 0.717) is 10.5 Å². The van der Waals surface area contributed by atoms with E-state index in [-0.39, 0.29) is 22.6 Å². The molecule has 188 valence electrons. The molecule has 4 nitrogen and oxygen atoms in total. The number of nitrogens with two attached hydrogens (primary N) is 1. The first-order chi connectivity index (χ1) is 15.6. The molecule has 11 heteroatoms. The van der Waals surface area contributed by atoms with Crippen LogP contribution in [0.3, 0.4) is 0 Å². The summed E-state index contributed by atoms with van der Waals surface area (Å²) in [5.74, 6) is -3.84. The second-order valence-corrected chi connectivity index (χ2v) is 8.63. The second-order valence-electron chi connectivity index (χ2n) is 7.36. The van der Waals surface area contributed by atoms with E-state index in [1.165, 1.54) is 24.8 Å². The number of alkyl halides is 6. The first-order valence-electron chi connectivity index (χ1n) is 9.83. The molecule has 1 aromatic carbocycles. The third-order valence-electron chi connectivity index (χ3n) is 4.83. The Labute approximate surface area is 197 Å². The number of carbonyl (C=O) groups is 1. The SMILES string of the molecule is C=C/C(=C\C=C(/C)SCC(N)/C(C)=C(\O)c1ccc(C(F)(F)F)cc1)[C@H](CC(=O)O)C(F)(F)F. The number of benzene rings is 1. The Hall–Kier alpha value is -2.66. The minimum absolute atomic E-state index is 0.161. The molecule has 0 aliphatic heterocycles. The van der Waals surface area contributed by atoms with Crippen LogP contribution >= 0.6 is 11.8 Å². The van der Waals surface area contributed by atoms with E-state index in [0.717, 1.165) is 36.4 Å². The second kappa shape index (κ2) is 12.2. The minimum atomic E-state index is -4.76. The number of rotatable bonds is 10. The molecule has 0 amide bonds. The van der Waals surface area contributed by atoms with Crippen molar-refractivity contribution in [1.82, 2.24) is 0 Å². The van der Waals surface area contributed by atoms with Crippen LogP contribution in [0.4, 0.5) is 26.3 Å². The van der Waals surface area contributed by atoms with Crippen LogP contribution in [-0.4, -0.2) is 34.2 Å². The highest BCUT2D eigenvalue weighted by Crippen LogP contribution is 2.35. The largest absolute Gasteiger partial charge is 0.507 e. The molecule has 0 radical (unpaired) electrons. The Morgan fingerprint density at radius 1 is 1.09 bits per heavy atom. The maximum atomic E-state index is 13.2. The lowest BCUT2D eigenvalue weighted by Crippen LogP contribution is -2.26. The van der Waals surface area contributed by atoms with E-state index in [1.807, 2.05) is 0 Å². The van der Waals surface area contributed by atoms with Gasteiger partial charge in [-0.05, 0) is 42.0 Å². The van der Waals surface area contributed by atoms with Crippen molar-refractivity contribution in [3.63, 3.8) is 0 Å². The van der Waals surface area contributed by atoms with Gasteiger partial charge in [0.15, 0.2) is 0 Å². The molecule has 0 saturated heterocycles. The summed E-state index contributed by atoms with van der Waals surface area (Å²) in [4.78, 5) is 11.4. The van der Waals surface area contributed by atoms with E-state index in [1.54, 1.807) is 6.92 Å². The zero-order valence-corrected chi connectivity index (χ0v) is 19.2. The molecule has 2 atom stereocenters. The molecule has 0 saturated carbocycles. The molecule has 0 heterocycles. The molecule has 34 heavy (non-hydrogen) atoms. The lowest BCUT2D eigenvalue weighted by molar-refractivity contribution is -0.173. The first kappa shape index (κ1) is 29.4. The normalized spacial score (nSPS) is 16.0. The molecular formula is C23H25F6NO3S. The van der Waals surface area contributed by atoms with E-state index >= 15 is 0 Å². The molecule has 0 aromatic heterocycles. The van der Waals surface area contributed by atoms with Crippen LogP contribution in [0.15, 0.2) is 65.1 Å². The van der Waals surface area contributed by atoms with Crippen LogP contribution in [0.25, 0.3) is 5.76 Å². The molecule has 4 N–H and O–H groups in total. The van der Waals surface area contributed by atoms with Crippen molar-refractivity contribution in [3.8, 4) is 0 Å². The molecule has 0 aliphatic carbocycles. The van der Waals surface area contributed by atoms with Gasteiger partial charge < -0.3 is 15.9 Å². The van der Waals surface area contributed by atoms with Crippen molar-refractivity contribution in [2.75, 3.05) is 5.75 Å². The summed E-state index contributed by atoms with van der Waals surface area (Å²) in [7, 11) is 0. The number of halogens is 6. The van der Waals surface area contributed by atoms with Crippen LogP contribution in [0.2, 0.25) is 0 Å². The van der Waals surface area contributed by atoms with E-state index in [2.05, 4.69) is 6.58 Å². The van der Waals surface area contributed by atoms with Crippen molar-refractivity contribution >= 4 is 23.5 Å². The molecule has 1 rings (SSSR count). The molecule has 1 unspecified atom stereocenters. The zero-order chi connectivity index (χ0) is 26.3. The van der Waals surface area contributed by atoms with E-state index in [4.69, 9.17) is 10.8 Å². The highest BCUT2D eigenvalue weighted by Gasteiger charge is 2.42. The van der Waals surface area contributed by atoms with Gasteiger partial charge in [0.05, 0.1) is 17.9 Å². The summed E-state index contributed by atoms with van der Waals surface area (Å²) in [6.45, 7) is 6.47. The van der Waals surface area contributed by atoms with Crippen molar-refractivity contribution in [3.05, 3.63) is 76.3 Å². The third-order valence-corrected chi connectivity index (χ3v) is 5.95. The van der Waals surface area contributed by atoms with Gasteiger partial charge in [-0.25, -0.2) is 0 Å². The van der Waals surface area contributed by atoms with Crippen molar-refractivity contribution < 1.29 is 41.4 Å². The summed E-state index contributed by atoms with van der Waals surface area (Å²) in [5, 5.41) is 19.1. The average Bonchev–Trinajstić information content (AvgIpc) is 2.74. The number of aliphatic carboxylic acids is 1. The Kier molecular flexibility index (Phi) is 10.5. The highest BCUT2D eigenvalue weighted by molar-refractivity contribution is 8.03. The molecular weight excluding hydrogens is 484 g/mol.